The molecule has 5 heteroatoms. The first kappa shape index (κ1) is 15.4. The monoisotopic (exact) mass is 290 g/mol. The van der Waals surface area contributed by atoms with E-state index >= 15 is 0 Å². The number of carbonyl (C=O) groups is 2. The molecule has 0 aromatic heterocycles. The second-order valence-corrected chi connectivity index (χ2v) is 5.12. The van der Waals surface area contributed by atoms with E-state index in [1.165, 1.54) is 0 Å². The van der Waals surface area contributed by atoms with Crippen molar-refractivity contribution in [3.05, 3.63) is 29.8 Å². The maximum absolute atomic E-state index is 11.8. The highest BCUT2D eigenvalue weighted by molar-refractivity contribution is 5.85. The maximum atomic E-state index is 11.8. The smallest absolute Gasteiger partial charge is 0.241 e. The number of ether oxygens (including phenoxy) is 1. The van der Waals surface area contributed by atoms with E-state index in [0.29, 0.717) is 6.61 Å². The van der Waals surface area contributed by atoms with Crippen LogP contribution in [0.3, 0.4) is 0 Å². The molecule has 2 amide bonds. The number of hydrogen-bond acceptors (Lipinski definition) is 3. The van der Waals surface area contributed by atoms with Crippen molar-refractivity contribution in [2.24, 2.45) is 0 Å². The van der Waals surface area contributed by atoms with Crippen LogP contribution in [0.4, 0.5) is 0 Å². The summed E-state index contributed by atoms with van der Waals surface area (Å²) in [7, 11) is 0. The molecule has 1 aliphatic rings. The highest BCUT2D eigenvalue weighted by Crippen LogP contribution is 2.12. The molecule has 0 aliphatic carbocycles. The van der Waals surface area contributed by atoms with Gasteiger partial charge >= 0.3 is 0 Å². The number of likely N-dealkylation sites (tertiary alicyclic amines) is 1. The fourth-order valence-electron chi connectivity index (χ4n) is 2.37. The van der Waals surface area contributed by atoms with Gasteiger partial charge in [-0.25, -0.2) is 0 Å². The van der Waals surface area contributed by atoms with Gasteiger partial charge in [-0.1, -0.05) is 12.1 Å². The van der Waals surface area contributed by atoms with E-state index in [1.54, 1.807) is 4.90 Å². The van der Waals surface area contributed by atoms with Gasteiger partial charge < -0.3 is 15.0 Å². The van der Waals surface area contributed by atoms with E-state index in [9.17, 15) is 9.59 Å². The van der Waals surface area contributed by atoms with Crippen molar-refractivity contribution in [3.63, 3.8) is 0 Å². The van der Waals surface area contributed by atoms with Crippen molar-refractivity contribution in [3.8, 4) is 5.75 Å². The zero-order valence-electron chi connectivity index (χ0n) is 12.4. The van der Waals surface area contributed by atoms with Crippen LogP contribution in [0.15, 0.2) is 24.3 Å². The summed E-state index contributed by atoms with van der Waals surface area (Å²) in [6, 6.07) is 7.43. The maximum Gasteiger partial charge on any atom is 0.241 e. The first-order valence-electron chi connectivity index (χ1n) is 7.45. The first-order chi connectivity index (χ1) is 10.2. The number of carbonyl (C=O) groups excluding carboxylic acids is 2. The molecule has 114 valence electrons. The Hall–Kier alpha value is -2.04. The van der Waals surface area contributed by atoms with E-state index in [1.807, 2.05) is 31.2 Å². The summed E-state index contributed by atoms with van der Waals surface area (Å²) in [6.07, 6.45) is 2.40. The predicted molar refractivity (Wildman–Crippen MR) is 80.1 cm³/mol. The van der Waals surface area contributed by atoms with Crippen molar-refractivity contribution in [2.75, 3.05) is 26.2 Å². The Morgan fingerprint density at radius 2 is 1.86 bits per heavy atom. The Morgan fingerprint density at radius 1 is 1.19 bits per heavy atom. The van der Waals surface area contributed by atoms with Gasteiger partial charge in [0.2, 0.25) is 11.8 Å². The Bertz CT molecular complexity index is 479. The molecule has 0 unspecified atom stereocenters. The minimum atomic E-state index is -0.133. The molecular formula is C16H22N2O3. The normalized spacial score (nSPS) is 14.0. The van der Waals surface area contributed by atoms with E-state index in [-0.39, 0.29) is 24.8 Å². The summed E-state index contributed by atoms with van der Waals surface area (Å²) in [5.74, 6) is 0.671. The number of benzene rings is 1. The molecule has 2 rings (SSSR count). The lowest BCUT2D eigenvalue weighted by Crippen LogP contribution is -2.39. The number of hydrogen-bond donors (Lipinski definition) is 1. The van der Waals surface area contributed by atoms with Crippen molar-refractivity contribution in [2.45, 2.75) is 26.2 Å². The fraction of sp³-hybridized carbons (Fsp3) is 0.500. The largest absolute Gasteiger partial charge is 0.494 e. The Labute approximate surface area is 125 Å². The zero-order valence-corrected chi connectivity index (χ0v) is 12.4. The molecule has 1 aromatic rings. The minimum Gasteiger partial charge on any atom is -0.494 e. The van der Waals surface area contributed by atoms with Crippen LogP contribution in [0.1, 0.15) is 25.3 Å². The standard InChI is InChI=1S/C16H22N2O3/c1-2-21-14-7-5-13(6-8-14)11-15(19)17-12-16(20)18-9-3-4-10-18/h5-8H,2-4,9-12H2,1H3,(H,17,19). The minimum absolute atomic E-state index is 0.00698. The first-order valence-corrected chi connectivity index (χ1v) is 7.45. The van der Waals surface area contributed by atoms with Crippen LogP contribution in [0.2, 0.25) is 0 Å². The zero-order chi connectivity index (χ0) is 15.1. The molecule has 1 heterocycles. The number of nitrogens with one attached hydrogen (secondary N) is 1. The molecule has 0 bridgehead atoms. The molecule has 1 aromatic carbocycles. The molecule has 1 aliphatic heterocycles. The summed E-state index contributed by atoms with van der Waals surface area (Å²) in [6.45, 7) is 4.27. The SMILES string of the molecule is CCOc1ccc(CC(=O)NCC(=O)N2CCCC2)cc1. The highest BCUT2D eigenvalue weighted by Gasteiger charge is 2.18. The van der Waals surface area contributed by atoms with Crippen LogP contribution in [-0.2, 0) is 16.0 Å². The lowest BCUT2D eigenvalue weighted by molar-refractivity contribution is -0.131. The van der Waals surface area contributed by atoms with Crippen LogP contribution in [-0.4, -0.2) is 43.0 Å². The molecule has 0 radical (unpaired) electrons. The molecule has 1 saturated heterocycles. The fourth-order valence-corrected chi connectivity index (χ4v) is 2.37. The molecule has 5 nitrogen and oxygen atoms in total. The van der Waals surface area contributed by atoms with Gasteiger partial charge in [-0.3, -0.25) is 9.59 Å². The van der Waals surface area contributed by atoms with Gasteiger partial charge in [0, 0.05) is 13.1 Å². The lowest BCUT2D eigenvalue weighted by atomic mass is 10.1. The number of rotatable bonds is 6. The van der Waals surface area contributed by atoms with Crippen molar-refractivity contribution < 1.29 is 14.3 Å². The molecular weight excluding hydrogens is 268 g/mol. The van der Waals surface area contributed by atoms with Crippen molar-refractivity contribution in [1.29, 1.82) is 0 Å². The van der Waals surface area contributed by atoms with Gasteiger partial charge in [0.1, 0.15) is 5.75 Å². The van der Waals surface area contributed by atoms with Crippen LogP contribution in [0.25, 0.3) is 0 Å². The Kier molecular flexibility index (Phi) is 5.60. The second kappa shape index (κ2) is 7.67. The summed E-state index contributed by atoms with van der Waals surface area (Å²) in [5, 5.41) is 2.69. The number of amides is 2. The Balaban J connectivity index is 1.74. The quantitative estimate of drug-likeness (QED) is 0.861. The van der Waals surface area contributed by atoms with Gasteiger partial charge in [0.05, 0.1) is 19.6 Å². The predicted octanol–water partition coefficient (Wildman–Crippen LogP) is 1.37. The molecule has 0 spiro atoms. The third-order valence-electron chi connectivity index (χ3n) is 3.49. The van der Waals surface area contributed by atoms with E-state index < -0.39 is 0 Å². The van der Waals surface area contributed by atoms with Crippen LogP contribution in [0, 0.1) is 0 Å². The molecule has 0 atom stereocenters. The molecule has 0 saturated carbocycles. The third kappa shape index (κ3) is 4.77. The highest BCUT2D eigenvalue weighted by atomic mass is 16.5. The van der Waals surface area contributed by atoms with E-state index in [4.69, 9.17) is 4.74 Å². The summed E-state index contributed by atoms with van der Waals surface area (Å²) in [4.78, 5) is 25.4. The second-order valence-electron chi connectivity index (χ2n) is 5.12. The molecule has 1 fully saturated rings. The van der Waals surface area contributed by atoms with Crippen molar-refractivity contribution in [1.82, 2.24) is 10.2 Å². The summed E-state index contributed by atoms with van der Waals surface area (Å²) >= 11 is 0. The van der Waals surface area contributed by atoms with E-state index in [2.05, 4.69) is 5.32 Å². The van der Waals surface area contributed by atoms with Crippen LogP contribution >= 0.6 is 0 Å². The average Bonchev–Trinajstić information content (AvgIpc) is 3.01. The summed E-state index contributed by atoms with van der Waals surface area (Å²) < 4.78 is 5.35. The topological polar surface area (TPSA) is 58.6 Å². The number of nitrogens with zero attached hydrogens (tertiary/aromatic N) is 1. The Morgan fingerprint density at radius 3 is 2.48 bits per heavy atom. The molecule has 1 N–H and O–H groups in total. The van der Waals surface area contributed by atoms with Gasteiger partial charge in [-0.05, 0) is 37.5 Å². The van der Waals surface area contributed by atoms with Crippen molar-refractivity contribution >= 4 is 11.8 Å². The third-order valence-corrected chi connectivity index (χ3v) is 3.49. The van der Waals surface area contributed by atoms with Crippen LogP contribution < -0.4 is 10.1 Å². The molecule has 21 heavy (non-hydrogen) atoms. The van der Waals surface area contributed by atoms with Gasteiger partial charge in [-0.15, -0.1) is 0 Å². The van der Waals surface area contributed by atoms with Gasteiger partial charge in [0.15, 0.2) is 0 Å². The van der Waals surface area contributed by atoms with Gasteiger partial charge in [-0.2, -0.15) is 0 Å². The average molecular weight is 290 g/mol. The van der Waals surface area contributed by atoms with Crippen LogP contribution in [0.5, 0.6) is 5.75 Å². The summed E-state index contributed by atoms with van der Waals surface area (Å²) in [5.41, 5.74) is 0.907. The van der Waals surface area contributed by atoms with Gasteiger partial charge in [0.25, 0.3) is 0 Å². The van der Waals surface area contributed by atoms with E-state index in [0.717, 1.165) is 37.2 Å². The lowest BCUT2D eigenvalue weighted by Gasteiger charge is -2.15.